The molecule has 0 saturated heterocycles. The summed E-state index contributed by atoms with van der Waals surface area (Å²) in [7, 11) is 1.52. The van der Waals surface area contributed by atoms with Crippen molar-refractivity contribution in [1.82, 2.24) is 0 Å². The standard InChI is InChI=1S/C11H15ClN2O2/c1-3-9(13)11(15)14-7-4-5-8(12)10(6-7)16-2/h4-6,9H,3,13H2,1-2H3,(H,14,15)/t9-/m0/s1. The molecule has 1 rings (SSSR count). The largest absolute Gasteiger partial charge is 0.495 e. The maximum Gasteiger partial charge on any atom is 0.241 e. The lowest BCUT2D eigenvalue weighted by Gasteiger charge is -2.11. The van der Waals surface area contributed by atoms with Crippen molar-refractivity contribution >= 4 is 23.2 Å². The van der Waals surface area contributed by atoms with E-state index in [4.69, 9.17) is 22.1 Å². The molecule has 0 aliphatic carbocycles. The minimum atomic E-state index is -0.498. The number of halogens is 1. The first kappa shape index (κ1) is 12.8. The van der Waals surface area contributed by atoms with Gasteiger partial charge in [0.1, 0.15) is 5.75 Å². The number of nitrogens with one attached hydrogen (secondary N) is 1. The molecule has 88 valence electrons. The smallest absolute Gasteiger partial charge is 0.241 e. The quantitative estimate of drug-likeness (QED) is 0.849. The summed E-state index contributed by atoms with van der Waals surface area (Å²) in [6.07, 6.45) is 0.594. The van der Waals surface area contributed by atoms with E-state index in [1.807, 2.05) is 6.92 Å². The van der Waals surface area contributed by atoms with Crippen molar-refractivity contribution in [3.63, 3.8) is 0 Å². The molecule has 0 spiro atoms. The van der Waals surface area contributed by atoms with Gasteiger partial charge in [-0.2, -0.15) is 0 Å². The van der Waals surface area contributed by atoms with Crippen LogP contribution in [0.4, 0.5) is 5.69 Å². The van der Waals surface area contributed by atoms with Crippen molar-refractivity contribution in [3.8, 4) is 5.75 Å². The van der Waals surface area contributed by atoms with E-state index in [2.05, 4.69) is 5.32 Å². The van der Waals surface area contributed by atoms with E-state index < -0.39 is 6.04 Å². The van der Waals surface area contributed by atoms with Crippen LogP contribution in [0.15, 0.2) is 18.2 Å². The summed E-state index contributed by atoms with van der Waals surface area (Å²) in [6.45, 7) is 1.85. The summed E-state index contributed by atoms with van der Waals surface area (Å²) in [5.74, 6) is 0.302. The number of hydrogen-bond donors (Lipinski definition) is 2. The SMILES string of the molecule is CC[C@H](N)C(=O)Nc1ccc(Cl)c(OC)c1. The van der Waals surface area contributed by atoms with Gasteiger partial charge in [-0.05, 0) is 18.6 Å². The topological polar surface area (TPSA) is 64.4 Å². The fourth-order valence-electron chi connectivity index (χ4n) is 1.16. The number of benzene rings is 1. The molecular formula is C11H15ClN2O2. The van der Waals surface area contributed by atoms with Gasteiger partial charge in [0.2, 0.25) is 5.91 Å². The van der Waals surface area contributed by atoms with E-state index in [0.717, 1.165) is 0 Å². The van der Waals surface area contributed by atoms with Crippen LogP contribution in [0, 0.1) is 0 Å². The van der Waals surface area contributed by atoms with Crippen LogP contribution in [0.5, 0.6) is 5.75 Å². The van der Waals surface area contributed by atoms with E-state index in [-0.39, 0.29) is 5.91 Å². The van der Waals surface area contributed by atoms with Crippen molar-refractivity contribution in [2.75, 3.05) is 12.4 Å². The van der Waals surface area contributed by atoms with E-state index >= 15 is 0 Å². The Morgan fingerprint density at radius 1 is 1.62 bits per heavy atom. The molecule has 1 amide bonds. The molecule has 0 radical (unpaired) electrons. The van der Waals surface area contributed by atoms with Gasteiger partial charge in [-0.25, -0.2) is 0 Å². The summed E-state index contributed by atoms with van der Waals surface area (Å²) >= 11 is 5.86. The first-order valence-corrected chi connectivity index (χ1v) is 5.36. The second kappa shape index (κ2) is 5.72. The lowest BCUT2D eigenvalue weighted by atomic mass is 10.2. The molecule has 0 unspecified atom stereocenters. The van der Waals surface area contributed by atoms with E-state index in [9.17, 15) is 4.79 Å². The second-order valence-electron chi connectivity index (χ2n) is 3.35. The molecule has 4 nitrogen and oxygen atoms in total. The zero-order chi connectivity index (χ0) is 12.1. The predicted molar refractivity (Wildman–Crippen MR) is 64.9 cm³/mol. The number of hydrogen-bond acceptors (Lipinski definition) is 3. The molecule has 0 aliphatic heterocycles. The fraction of sp³-hybridized carbons (Fsp3) is 0.364. The molecule has 0 bridgehead atoms. The fourth-order valence-corrected chi connectivity index (χ4v) is 1.35. The zero-order valence-corrected chi connectivity index (χ0v) is 10.0. The molecule has 1 aromatic carbocycles. The van der Waals surface area contributed by atoms with Crippen LogP contribution in [0.2, 0.25) is 5.02 Å². The molecule has 5 heteroatoms. The lowest BCUT2D eigenvalue weighted by Crippen LogP contribution is -2.34. The highest BCUT2D eigenvalue weighted by Crippen LogP contribution is 2.27. The molecule has 0 aromatic heterocycles. The summed E-state index contributed by atoms with van der Waals surface area (Å²) in [5.41, 5.74) is 6.22. The summed E-state index contributed by atoms with van der Waals surface area (Å²) in [6, 6.07) is 4.52. The van der Waals surface area contributed by atoms with Crippen molar-refractivity contribution in [3.05, 3.63) is 23.2 Å². The third-order valence-electron chi connectivity index (χ3n) is 2.20. The second-order valence-corrected chi connectivity index (χ2v) is 3.76. The Morgan fingerprint density at radius 3 is 2.88 bits per heavy atom. The van der Waals surface area contributed by atoms with Crippen LogP contribution in [-0.4, -0.2) is 19.1 Å². The van der Waals surface area contributed by atoms with Gasteiger partial charge in [0.25, 0.3) is 0 Å². The molecule has 16 heavy (non-hydrogen) atoms. The zero-order valence-electron chi connectivity index (χ0n) is 9.29. The molecule has 1 aromatic rings. The number of ether oxygens (including phenoxy) is 1. The third kappa shape index (κ3) is 3.12. The monoisotopic (exact) mass is 242 g/mol. The molecule has 3 N–H and O–H groups in total. The molecule has 0 heterocycles. The summed E-state index contributed by atoms with van der Waals surface area (Å²) < 4.78 is 5.04. The maximum absolute atomic E-state index is 11.5. The van der Waals surface area contributed by atoms with E-state index in [1.165, 1.54) is 7.11 Å². The molecule has 1 atom stereocenters. The predicted octanol–water partition coefficient (Wildman–Crippen LogP) is 2.02. The van der Waals surface area contributed by atoms with Gasteiger partial charge >= 0.3 is 0 Å². The highest BCUT2D eigenvalue weighted by molar-refractivity contribution is 6.32. The average Bonchev–Trinajstić information content (AvgIpc) is 2.30. The Labute approximate surface area is 99.7 Å². The third-order valence-corrected chi connectivity index (χ3v) is 2.51. The number of carbonyl (C=O) groups is 1. The van der Waals surface area contributed by atoms with Gasteiger partial charge in [0, 0.05) is 11.8 Å². The lowest BCUT2D eigenvalue weighted by molar-refractivity contribution is -0.117. The van der Waals surface area contributed by atoms with Crippen LogP contribution < -0.4 is 15.8 Å². The summed E-state index contributed by atoms with van der Waals surface area (Å²) in [4.78, 5) is 11.5. The normalized spacial score (nSPS) is 12.0. The van der Waals surface area contributed by atoms with Crippen molar-refractivity contribution < 1.29 is 9.53 Å². The number of methoxy groups -OCH3 is 1. The molecule has 0 aliphatic rings. The molecular weight excluding hydrogens is 228 g/mol. The molecule has 0 saturated carbocycles. The Balaban J connectivity index is 2.78. The summed E-state index contributed by atoms with van der Waals surface area (Å²) in [5, 5.41) is 3.19. The van der Waals surface area contributed by atoms with Crippen LogP contribution >= 0.6 is 11.6 Å². The van der Waals surface area contributed by atoms with Gasteiger partial charge in [-0.15, -0.1) is 0 Å². The van der Waals surface area contributed by atoms with Crippen molar-refractivity contribution in [2.45, 2.75) is 19.4 Å². The number of amides is 1. The molecule has 0 fully saturated rings. The van der Waals surface area contributed by atoms with E-state index in [0.29, 0.717) is 22.9 Å². The van der Waals surface area contributed by atoms with Crippen LogP contribution in [-0.2, 0) is 4.79 Å². The van der Waals surface area contributed by atoms with Crippen LogP contribution in [0.3, 0.4) is 0 Å². The Bertz CT molecular complexity index is 382. The Morgan fingerprint density at radius 2 is 2.31 bits per heavy atom. The maximum atomic E-state index is 11.5. The average molecular weight is 243 g/mol. The highest BCUT2D eigenvalue weighted by atomic mass is 35.5. The first-order chi connectivity index (χ1) is 7.58. The van der Waals surface area contributed by atoms with E-state index in [1.54, 1.807) is 18.2 Å². The van der Waals surface area contributed by atoms with Gasteiger partial charge in [-0.1, -0.05) is 18.5 Å². The number of rotatable bonds is 4. The van der Waals surface area contributed by atoms with Gasteiger partial charge < -0.3 is 15.8 Å². The minimum absolute atomic E-state index is 0.216. The van der Waals surface area contributed by atoms with Crippen LogP contribution in [0.25, 0.3) is 0 Å². The van der Waals surface area contributed by atoms with Gasteiger partial charge in [0.15, 0.2) is 0 Å². The Kier molecular flexibility index (Phi) is 4.58. The number of nitrogens with two attached hydrogens (primary N) is 1. The van der Waals surface area contributed by atoms with Gasteiger partial charge in [-0.3, -0.25) is 4.79 Å². The minimum Gasteiger partial charge on any atom is -0.495 e. The van der Waals surface area contributed by atoms with Crippen molar-refractivity contribution in [2.24, 2.45) is 5.73 Å². The number of anilines is 1. The highest BCUT2D eigenvalue weighted by Gasteiger charge is 2.11. The van der Waals surface area contributed by atoms with Crippen LogP contribution in [0.1, 0.15) is 13.3 Å². The Hall–Kier alpha value is -1.26. The number of carbonyl (C=O) groups excluding carboxylic acids is 1. The van der Waals surface area contributed by atoms with Gasteiger partial charge in [0.05, 0.1) is 18.2 Å². The van der Waals surface area contributed by atoms with Crippen molar-refractivity contribution in [1.29, 1.82) is 0 Å². The first-order valence-electron chi connectivity index (χ1n) is 4.98.